The second kappa shape index (κ2) is 13.0. The Morgan fingerprint density at radius 3 is 2.66 bits per heavy atom. The summed E-state index contributed by atoms with van der Waals surface area (Å²) in [5, 5.41) is 6.84. The second-order valence-electron chi connectivity index (χ2n) is 6.79. The maximum absolute atomic E-state index is 13.6. The minimum absolute atomic E-state index is 0. The van der Waals surface area contributed by atoms with Gasteiger partial charge in [-0.2, -0.15) is 0 Å². The van der Waals surface area contributed by atoms with Crippen molar-refractivity contribution in [2.45, 2.75) is 30.3 Å². The molecule has 3 rings (SSSR count). The van der Waals surface area contributed by atoms with Gasteiger partial charge in [-0.25, -0.2) is 4.39 Å². The average Bonchev–Trinajstić information content (AvgIpc) is 2.73. The molecular formula is C21H29FIN5S. The lowest BCUT2D eigenvalue weighted by Gasteiger charge is -2.32. The van der Waals surface area contributed by atoms with Gasteiger partial charge < -0.3 is 10.6 Å². The standard InChI is InChI=1S/C21H28FN5S.HI/c1-23-21(25-12-15-28-20-8-3-2-7-19(20)22)26-17-9-13-27(14-10-17)16-18-6-4-5-11-24-18;/h2-8,11,17H,9-10,12-16H2,1H3,(H2,23,25,26);1H. The molecule has 2 N–H and O–H groups in total. The van der Waals surface area contributed by atoms with Crippen LogP contribution in [0.2, 0.25) is 0 Å². The van der Waals surface area contributed by atoms with E-state index in [0.29, 0.717) is 10.9 Å². The topological polar surface area (TPSA) is 52.6 Å². The van der Waals surface area contributed by atoms with Crippen molar-refractivity contribution in [2.24, 2.45) is 4.99 Å². The van der Waals surface area contributed by atoms with Crippen molar-refractivity contribution in [3.63, 3.8) is 0 Å². The lowest BCUT2D eigenvalue weighted by Crippen LogP contribution is -2.48. The van der Waals surface area contributed by atoms with E-state index in [-0.39, 0.29) is 29.8 Å². The van der Waals surface area contributed by atoms with Gasteiger partial charge in [0.05, 0.1) is 5.69 Å². The Balaban J connectivity index is 0.00000300. The van der Waals surface area contributed by atoms with Crippen molar-refractivity contribution in [3.05, 3.63) is 60.2 Å². The Morgan fingerprint density at radius 1 is 1.21 bits per heavy atom. The van der Waals surface area contributed by atoms with Gasteiger partial charge in [0.2, 0.25) is 0 Å². The van der Waals surface area contributed by atoms with Crippen molar-refractivity contribution in [3.8, 4) is 0 Å². The minimum Gasteiger partial charge on any atom is -0.356 e. The Bertz CT molecular complexity index is 754. The first kappa shape index (κ1) is 23.9. The van der Waals surface area contributed by atoms with Crippen molar-refractivity contribution in [1.82, 2.24) is 20.5 Å². The molecule has 2 heterocycles. The van der Waals surface area contributed by atoms with Gasteiger partial charge in [-0.05, 0) is 37.1 Å². The molecule has 0 amide bonds. The summed E-state index contributed by atoms with van der Waals surface area (Å²) >= 11 is 1.51. The highest BCUT2D eigenvalue weighted by molar-refractivity contribution is 14.0. The fourth-order valence-corrected chi connectivity index (χ4v) is 4.04. The summed E-state index contributed by atoms with van der Waals surface area (Å²) in [7, 11) is 1.79. The first-order valence-electron chi connectivity index (χ1n) is 9.71. The summed E-state index contributed by atoms with van der Waals surface area (Å²) < 4.78 is 13.6. The molecule has 0 unspecified atom stereocenters. The number of nitrogens with one attached hydrogen (secondary N) is 2. The molecule has 1 aromatic carbocycles. The van der Waals surface area contributed by atoms with Crippen LogP contribution in [0.15, 0.2) is 58.5 Å². The quantitative estimate of drug-likeness (QED) is 0.188. The first-order chi connectivity index (χ1) is 13.7. The highest BCUT2D eigenvalue weighted by Crippen LogP contribution is 2.20. The zero-order valence-corrected chi connectivity index (χ0v) is 19.8. The average molecular weight is 529 g/mol. The Hall–Kier alpha value is -1.39. The summed E-state index contributed by atoms with van der Waals surface area (Å²) in [4.78, 5) is 11.9. The number of thioether (sulfide) groups is 1. The monoisotopic (exact) mass is 529 g/mol. The number of hydrogen-bond acceptors (Lipinski definition) is 4. The van der Waals surface area contributed by atoms with Gasteiger partial charge in [-0.15, -0.1) is 35.7 Å². The summed E-state index contributed by atoms with van der Waals surface area (Å²) in [6.07, 6.45) is 4.01. The number of nitrogens with zero attached hydrogens (tertiary/aromatic N) is 3. The summed E-state index contributed by atoms with van der Waals surface area (Å²) in [5.41, 5.74) is 1.12. The van der Waals surface area contributed by atoms with Crippen molar-refractivity contribution >= 4 is 41.7 Å². The summed E-state index contributed by atoms with van der Waals surface area (Å²) in [6.45, 7) is 3.74. The van der Waals surface area contributed by atoms with Crippen LogP contribution in [-0.2, 0) is 6.54 Å². The van der Waals surface area contributed by atoms with Crippen LogP contribution in [0, 0.1) is 5.82 Å². The van der Waals surface area contributed by atoms with Crippen LogP contribution >= 0.6 is 35.7 Å². The zero-order chi connectivity index (χ0) is 19.6. The van der Waals surface area contributed by atoms with Crippen molar-refractivity contribution in [1.29, 1.82) is 0 Å². The van der Waals surface area contributed by atoms with Crippen molar-refractivity contribution in [2.75, 3.05) is 32.4 Å². The number of aromatic nitrogens is 1. The van der Waals surface area contributed by atoms with Crippen LogP contribution in [0.25, 0.3) is 0 Å². The molecule has 1 fully saturated rings. The zero-order valence-electron chi connectivity index (χ0n) is 16.7. The number of rotatable bonds is 7. The molecule has 2 aromatic rings. The number of halogens is 2. The van der Waals surface area contributed by atoms with E-state index in [1.165, 1.54) is 17.8 Å². The molecule has 1 aliphatic rings. The molecule has 0 atom stereocenters. The number of pyridine rings is 1. The van der Waals surface area contributed by atoms with Gasteiger partial charge in [0.15, 0.2) is 5.96 Å². The molecule has 0 bridgehead atoms. The third-order valence-electron chi connectivity index (χ3n) is 4.75. The molecule has 0 saturated carbocycles. The van der Waals surface area contributed by atoms with Gasteiger partial charge >= 0.3 is 0 Å². The van der Waals surface area contributed by atoms with E-state index < -0.39 is 0 Å². The molecule has 8 heteroatoms. The van der Waals surface area contributed by atoms with E-state index in [9.17, 15) is 4.39 Å². The fourth-order valence-electron chi connectivity index (χ4n) is 3.24. The number of guanidine groups is 1. The third kappa shape index (κ3) is 8.10. The molecular weight excluding hydrogens is 500 g/mol. The Kier molecular flexibility index (Phi) is 10.7. The SMILES string of the molecule is CN=C(NCCSc1ccccc1F)NC1CCN(Cc2ccccn2)CC1.I. The highest BCUT2D eigenvalue weighted by atomic mass is 127. The summed E-state index contributed by atoms with van der Waals surface area (Å²) in [6, 6.07) is 13.4. The van der Waals surface area contributed by atoms with Crippen LogP contribution < -0.4 is 10.6 Å². The lowest BCUT2D eigenvalue weighted by molar-refractivity contribution is 0.196. The number of piperidine rings is 1. The summed E-state index contributed by atoms with van der Waals surface area (Å²) in [5.74, 6) is 1.44. The third-order valence-corrected chi connectivity index (χ3v) is 5.80. The smallest absolute Gasteiger partial charge is 0.191 e. The number of hydrogen-bond donors (Lipinski definition) is 2. The normalized spacial score (nSPS) is 15.6. The second-order valence-corrected chi connectivity index (χ2v) is 7.93. The molecule has 0 radical (unpaired) electrons. The molecule has 0 aliphatic carbocycles. The Morgan fingerprint density at radius 2 is 1.97 bits per heavy atom. The van der Waals surface area contributed by atoms with E-state index in [1.807, 2.05) is 30.5 Å². The molecule has 158 valence electrons. The largest absolute Gasteiger partial charge is 0.356 e. The van der Waals surface area contributed by atoms with Crippen LogP contribution in [-0.4, -0.2) is 54.3 Å². The van der Waals surface area contributed by atoms with Gasteiger partial charge in [-0.3, -0.25) is 14.9 Å². The molecule has 29 heavy (non-hydrogen) atoms. The highest BCUT2D eigenvalue weighted by Gasteiger charge is 2.20. The van der Waals surface area contributed by atoms with Gasteiger partial charge in [0.25, 0.3) is 0 Å². The van der Waals surface area contributed by atoms with Gasteiger partial charge in [-0.1, -0.05) is 18.2 Å². The van der Waals surface area contributed by atoms with Crippen LogP contribution in [0.1, 0.15) is 18.5 Å². The maximum Gasteiger partial charge on any atom is 0.191 e. The Labute approximate surface area is 194 Å². The molecule has 0 spiro atoms. The van der Waals surface area contributed by atoms with E-state index in [2.05, 4.69) is 31.6 Å². The molecule has 5 nitrogen and oxygen atoms in total. The molecule has 1 aromatic heterocycles. The van der Waals surface area contributed by atoms with Crippen LogP contribution in [0.4, 0.5) is 4.39 Å². The van der Waals surface area contributed by atoms with Crippen LogP contribution in [0.5, 0.6) is 0 Å². The predicted octanol–water partition coefficient (Wildman–Crippen LogP) is 3.76. The van der Waals surface area contributed by atoms with Crippen LogP contribution in [0.3, 0.4) is 0 Å². The van der Waals surface area contributed by atoms with E-state index in [0.717, 1.165) is 56.4 Å². The molecule has 1 saturated heterocycles. The maximum atomic E-state index is 13.6. The van der Waals surface area contributed by atoms with E-state index >= 15 is 0 Å². The molecule has 1 aliphatic heterocycles. The minimum atomic E-state index is -0.160. The predicted molar refractivity (Wildman–Crippen MR) is 130 cm³/mol. The van der Waals surface area contributed by atoms with E-state index in [4.69, 9.17) is 0 Å². The number of benzene rings is 1. The number of likely N-dealkylation sites (tertiary alicyclic amines) is 1. The van der Waals surface area contributed by atoms with Crippen molar-refractivity contribution < 1.29 is 4.39 Å². The van der Waals surface area contributed by atoms with Gasteiger partial charge in [0, 0.05) is 56.1 Å². The first-order valence-corrected chi connectivity index (χ1v) is 10.7. The van der Waals surface area contributed by atoms with Gasteiger partial charge in [0.1, 0.15) is 5.82 Å². The lowest BCUT2D eigenvalue weighted by atomic mass is 10.1. The fraction of sp³-hybridized carbons (Fsp3) is 0.429. The number of aliphatic imine (C=N–C) groups is 1. The van der Waals surface area contributed by atoms with E-state index in [1.54, 1.807) is 13.1 Å².